The quantitative estimate of drug-likeness (QED) is 0.0321. The van der Waals surface area contributed by atoms with E-state index in [1.807, 2.05) is 52.0 Å². The van der Waals surface area contributed by atoms with Gasteiger partial charge in [0.1, 0.15) is 6.42 Å². The topological polar surface area (TPSA) is 214 Å². The van der Waals surface area contributed by atoms with E-state index >= 15 is 0 Å². The number of fused-ring (bicyclic) bond motifs is 4. The van der Waals surface area contributed by atoms with Crippen molar-refractivity contribution < 1.29 is 52.8 Å². The van der Waals surface area contributed by atoms with Gasteiger partial charge in [-0.15, -0.1) is 45.3 Å². The summed E-state index contributed by atoms with van der Waals surface area (Å²) >= 11 is 6.37. The number of carboxylic acids is 1. The average molecular weight is 1090 g/mol. The summed E-state index contributed by atoms with van der Waals surface area (Å²) in [6.07, 6.45) is -1.15. The molecule has 8 rings (SSSR count). The van der Waals surface area contributed by atoms with E-state index in [2.05, 4.69) is 72.0 Å². The molecule has 2 atom stereocenters. The number of carbonyl (C=O) groups excluding carboxylic acids is 4. The highest BCUT2D eigenvalue weighted by Crippen LogP contribution is 2.41. The van der Waals surface area contributed by atoms with Gasteiger partial charge in [0.2, 0.25) is 0 Å². The highest BCUT2D eigenvalue weighted by Gasteiger charge is 2.40. The molecule has 0 radical (unpaired) electrons. The maximum absolute atomic E-state index is 12.1. The minimum Gasteiger partial charge on any atom is -0.478 e. The standard InChI is InChI=1S/C19H29NO3SSi.C13H15NO3S.C12H11NO3S.C9H7NO2S/c1-8-22-18(21)12-16(23-25(6,7)19(3,4)5)14-9-10-17-15(11-14)20-13(2)24-17;1-3-17-13(16)7-11(15)9-4-5-12-10(6-9)14-8(2)18-12;1-2-16-12(15)6-10(14)8-3-4-11-9(5-8)13-7-17-11;1-5-10-7-4-6(9(11)12)2-3-8(7)13-5/h9-11,16H,8,12H2,1-7H3;4-6,11,15H,3,7H2,1-2H3;3-5,7H,2,6H2,1H3;2-4H,1H3,(H,11,12)/t16-;11-;;/m00../s1. The number of ether oxygens (including phenoxy) is 3. The summed E-state index contributed by atoms with van der Waals surface area (Å²) in [4.78, 5) is 74.3. The summed E-state index contributed by atoms with van der Waals surface area (Å²) < 4.78 is 25.6. The summed E-state index contributed by atoms with van der Waals surface area (Å²) in [7, 11) is -2.03. The number of aliphatic hydroxyl groups excluding tert-OH is 1. The largest absolute Gasteiger partial charge is 0.478 e. The molecule has 0 aliphatic carbocycles. The molecule has 0 fully saturated rings. The van der Waals surface area contributed by atoms with Gasteiger partial charge in [0.15, 0.2) is 14.1 Å². The summed E-state index contributed by atoms with van der Waals surface area (Å²) in [5.41, 5.74) is 7.58. The maximum atomic E-state index is 12.1. The third-order valence-electron chi connectivity index (χ3n) is 11.4. The van der Waals surface area contributed by atoms with E-state index in [4.69, 9.17) is 23.7 Å². The van der Waals surface area contributed by atoms with E-state index < -0.39 is 26.4 Å². The fourth-order valence-electron chi connectivity index (χ4n) is 6.81. The predicted molar refractivity (Wildman–Crippen MR) is 294 cm³/mol. The Bertz CT molecular complexity index is 3190. The van der Waals surface area contributed by atoms with Crippen molar-refractivity contribution in [2.75, 3.05) is 19.8 Å². The molecule has 0 saturated carbocycles. The third kappa shape index (κ3) is 16.8. The fraction of sp³-hybridized carbons (Fsp3) is 0.377. The Balaban J connectivity index is 0.000000185. The Morgan fingerprint density at radius 1 is 0.603 bits per heavy atom. The number of rotatable bonds is 15. The second kappa shape index (κ2) is 26.4. The van der Waals surface area contributed by atoms with Gasteiger partial charge in [0, 0.05) is 5.56 Å². The van der Waals surface area contributed by atoms with Crippen LogP contribution in [-0.2, 0) is 33.0 Å². The van der Waals surface area contributed by atoms with Crippen LogP contribution in [0.4, 0.5) is 0 Å². The number of thiazole rings is 4. The number of aromatic nitrogens is 4. The lowest BCUT2D eigenvalue weighted by molar-refractivity contribution is -0.146. The lowest BCUT2D eigenvalue weighted by atomic mass is 10.1. The van der Waals surface area contributed by atoms with Crippen LogP contribution in [0, 0.1) is 20.8 Å². The van der Waals surface area contributed by atoms with Crippen LogP contribution >= 0.6 is 45.3 Å². The number of esters is 3. The number of ketones is 1. The lowest BCUT2D eigenvalue weighted by Gasteiger charge is -2.39. The summed E-state index contributed by atoms with van der Waals surface area (Å²) in [5, 5.41) is 21.7. The first kappa shape index (κ1) is 58.0. The van der Waals surface area contributed by atoms with Gasteiger partial charge in [-0.3, -0.25) is 19.2 Å². The normalized spacial score (nSPS) is 12.2. The zero-order valence-corrected chi connectivity index (χ0v) is 47.2. The molecule has 4 aromatic heterocycles. The molecule has 15 nitrogen and oxygen atoms in total. The van der Waals surface area contributed by atoms with Gasteiger partial charge in [-0.05, 0) is 131 Å². The van der Waals surface area contributed by atoms with E-state index in [1.54, 1.807) is 83.7 Å². The first-order chi connectivity index (χ1) is 34.5. The number of aryl methyl sites for hydroxylation is 3. The van der Waals surface area contributed by atoms with Crippen LogP contribution in [0.2, 0.25) is 18.1 Å². The van der Waals surface area contributed by atoms with Crippen LogP contribution in [0.5, 0.6) is 0 Å². The first-order valence-electron chi connectivity index (χ1n) is 23.5. The summed E-state index contributed by atoms with van der Waals surface area (Å²) in [5.74, 6) is -2.25. The van der Waals surface area contributed by atoms with E-state index in [0.717, 1.165) is 61.5 Å². The van der Waals surface area contributed by atoms with Gasteiger partial charge in [0.05, 0.1) is 112 Å². The number of Topliss-reactive ketones (excluding diaryl/α,β-unsaturated/α-hetero) is 1. The Labute approximate surface area is 441 Å². The van der Waals surface area contributed by atoms with Crippen molar-refractivity contribution in [3.8, 4) is 0 Å². The van der Waals surface area contributed by atoms with Crippen LogP contribution < -0.4 is 0 Å². The molecular weight excluding hydrogens is 1020 g/mol. The van der Waals surface area contributed by atoms with Gasteiger partial charge in [-0.2, -0.15) is 0 Å². The van der Waals surface area contributed by atoms with Crippen LogP contribution in [-0.4, -0.2) is 87.9 Å². The zero-order valence-electron chi connectivity index (χ0n) is 42.9. The van der Waals surface area contributed by atoms with Crippen molar-refractivity contribution in [3.63, 3.8) is 0 Å². The second-order valence-corrected chi connectivity index (χ2v) is 27.3. The minimum atomic E-state index is -2.03. The Morgan fingerprint density at radius 3 is 1.59 bits per heavy atom. The Kier molecular flexibility index (Phi) is 21.0. The van der Waals surface area contributed by atoms with E-state index in [9.17, 15) is 29.1 Å². The van der Waals surface area contributed by atoms with Crippen molar-refractivity contribution >= 4 is 124 Å². The molecule has 0 aliphatic rings. The van der Waals surface area contributed by atoms with Gasteiger partial charge >= 0.3 is 23.9 Å². The monoisotopic (exact) mass is 1090 g/mol. The molecule has 20 heteroatoms. The number of hydrogen-bond donors (Lipinski definition) is 2. The molecular formula is C53H62N4O11S4Si. The van der Waals surface area contributed by atoms with Gasteiger partial charge in [-0.1, -0.05) is 32.9 Å². The van der Waals surface area contributed by atoms with Crippen molar-refractivity contribution in [2.45, 2.75) is 112 Å². The second-order valence-electron chi connectivity index (χ2n) is 18.0. The molecule has 4 heterocycles. The minimum absolute atomic E-state index is 0.0253. The molecule has 2 N–H and O–H groups in total. The van der Waals surface area contributed by atoms with Gasteiger partial charge in [-0.25, -0.2) is 24.7 Å². The Morgan fingerprint density at radius 2 is 1.05 bits per heavy atom. The summed E-state index contributed by atoms with van der Waals surface area (Å²) in [6, 6.07) is 22.0. The number of aliphatic hydroxyl groups is 1. The molecule has 0 amide bonds. The molecule has 0 bridgehead atoms. The highest BCUT2D eigenvalue weighted by atomic mass is 32.1. The molecule has 0 unspecified atom stereocenters. The van der Waals surface area contributed by atoms with Crippen LogP contribution in [0.25, 0.3) is 40.9 Å². The van der Waals surface area contributed by atoms with Crippen molar-refractivity contribution in [3.05, 3.63) is 116 Å². The SMILES string of the molecule is CCOC(=O)CC(=O)c1ccc2scnc2c1.CCOC(=O)C[C@H](O)c1ccc2sc(C)nc2c1.CCOC(=O)C[C@H](O[Si](C)(C)C(C)(C)C)c1ccc2sc(C)nc2c1.Cc1nc2cc(C(=O)O)ccc2s1. The predicted octanol–water partition coefficient (Wildman–Crippen LogP) is 12.9. The van der Waals surface area contributed by atoms with Gasteiger partial charge < -0.3 is 28.8 Å². The number of aromatic carboxylic acids is 1. The molecule has 0 aliphatic heterocycles. The average Bonchev–Trinajstić information content (AvgIpc) is 4.12. The maximum Gasteiger partial charge on any atom is 0.335 e. The molecule has 0 saturated heterocycles. The van der Waals surface area contributed by atoms with Gasteiger partial charge in [0.25, 0.3) is 0 Å². The number of hydrogen-bond acceptors (Lipinski definition) is 18. The van der Waals surface area contributed by atoms with E-state index in [1.165, 1.54) is 11.3 Å². The Hall–Kier alpha value is -5.87. The van der Waals surface area contributed by atoms with E-state index in [0.29, 0.717) is 24.3 Å². The number of benzene rings is 4. The number of carboxylic acid groups (broad SMARTS) is 1. The lowest BCUT2D eigenvalue weighted by Crippen LogP contribution is -2.42. The molecule has 8 aromatic rings. The first-order valence-corrected chi connectivity index (χ1v) is 29.8. The van der Waals surface area contributed by atoms with Crippen molar-refractivity contribution in [2.24, 2.45) is 0 Å². The number of carbonyl (C=O) groups is 5. The van der Waals surface area contributed by atoms with Crippen LogP contribution in [0.3, 0.4) is 0 Å². The third-order valence-corrected chi connectivity index (χ3v) is 19.5. The number of nitrogens with zero attached hydrogens (tertiary/aromatic N) is 4. The van der Waals surface area contributed by atoms with Crippen LogP contribution in [0.1, 0.15) is 120 Å². The fourth-order valence-corrected chi connectivity index (χ4v) is 11.2. The van der Waals surface area contributed by atoms with Crippen molar-refractivity contribution in [1.29, 1.82) is 0 Å². The molecule has 0 spiro atoms. The molecule has 4 aromatic carbocycles. The van der Waals surface area contributed by atoms with Crippen molar-refractivity contribution in [1.82, 2.24) is 19.9 Å². The zero-order chi connectivity index (χ0) is 53.6. The van der Waals surface area contributed by atoms with Crippen LogP contribution in [0.15, 0.2) is 78.3 Å². The summed E-state index contributed by atoms with van der Waals surface area (Å²) in [6.45, 7) is 23.2. The molecule has 73 heavy (non-hydrogen) atoms. The van der Waals surface area contributed by atoms with E-state index in [-0.39, 0.29) is 60.3 Å². The smallest absolute Gasteiger partial charge is 0.335 e. The molecule has 388 valence electrons. The highest BCUT2D eigenvalue weighted by molar-refractivity contribution is 7.19.